The minimum absolute atomic E-state index is 0.00408. The molecule has 1 atom stereocenters. The summed E-state index contributed by atoms with van der Waals surface area (Å²) in [5.41, 5.74) is -1.73. The predicted octanol–water partition coefficient (Wildman–Crippen LogP) is 2.28. The van der Waals surface area contributed by atoms with Crippen LogP contribution in [0.25, 0.3) is 0 Å². The second-order valence-corrected chi connectivity index (χ2v) is 4.79. The van der Waals surface area contributed by atoms with Gasteiger partial charge in [0.2, 0.25) is 0 Å². The summed E-state index contributed by atoms with van der Waals surface area (Å²) >= 11 is 0. The number of carbonyl (C=O) groups excluding carboxylic acids is 1. The van der Waals surface area contributed by atoms with E-state index in [9.17, 15) is 22.4 Å². The molecule has 1 fully saturated rings. The first-order valence-corrected chi connectivity index (χ1v) is 6.18. The Morgan fingerprint density at radius 2 is 2.10 bits per heavy atom. The van der Waals surface area contributed by atoms with Gasteiger partial charge in [-0.05, 0) is 25.1 Å². The highest BCUT2D eigenvalue weighted by atomic mass is 19.4. The van der Waals surface area contributed by atoms with Gasteiger partial charge in [-0.3, -0.25) is 4.79 Å². The van der Waals surface area contributed by atoms with Crippen LogP contribution in [0.1, 0.15) is 22.8 Å². The lowest BCUT2D eigenvalue weighted by Crippen LogP contribution is -2.51. The number of piperazine rings is 1. The van der Waals surface area contributed by atoms with E-state index in [0.29, 0.717) is 37.8 Å². The molecule has 1 heterocycles. The molecule has 110 valence electrons. The van der Waals surface area contributed by atoms with E-state index in [-0.39, 0.29) is 6.04 Å². The van der Waals surface area contributed by atoms with Gasteiger partial charge in [-0.2, -0.15) is 13.2 Å². The monoisotopic (exact) mass is 290 g/mol. The number of halogens is 4. The predicted molar refractivity (Wildman–Crippen MR) is 64.8 cm³/mol. The molecule has 2 rings (SSSR count). The van der Waals surface area contributed by atoms with Crippen LogP contribution in [0, 0.1) is 5.82 Å². The van der Waals surface area contributed by atoms with Gasteiger partial charge in [0, 0.05) is 25.7 Å². The van der Waals surface area contributed by atoms with Gasteiger partial charge in [0.25, 0.3) is 5.91 Å². The first-order valence-electron chi connectivity index (χ1n) is 6.18. The Balaban J connectivity index is 2.35. The largest absolute Gasteiger partial charge is 0.417 e. The smallest absolute Gasteiger partial charge is 0.336 e. The fourth-order valence-corrected chi connectivity index (χ4v) is 2.23. The van der Waals surface area contributed by atoms with Crippen molar-refractivity contribution < 1.29 is 22.4 Å². The number of nitrogens with one attached hydrogen (secondary N) is 1. The van der Waals surface area contributed by atoms with Crippen LogP contribution in [-0.2, 0) is 6.18 Å². The summed E-state index contributed by atoms with van der Waals surface area (Å²) in [5, 5.41) is 3.08. The van der Waals surface area contributed by atoms with Crippen molar-refractivity contribution >= 4 is 5.91 Å². The summed E-state index contributed by atoms with van der Waals surface area (Å²) in [4.78, 5) is 13.5. The summed E-state index contributed by atoms with van der Waals surface area (Å²) < 4.78 is 51.8. The fraction of sp³-hybridized carbons (Fsp3) is 0.462. The Bertz CT molecular complexity index is 516. The highest BCUT2D eigenvalue weighted by Gasteiger charge is 2.36. The van der Waals surface area contributed by atoms with Crippen LogP contribution in [0.4, 0.5) is 17.6 Å². The van der Waals surface area contributed by atoms with Crippen molar-refractivity contribution in [2.45, 2.75) is 19.1 Å². The van der Waals surface area contributed by atoms with Gasteiger partial charge in [-0.25, -0.2) is 4.39 Å². The SMILES string of the molecule is CC1CN(C(=O)c2cc(F)ccc2C(F)(F)F)CCN1. The van der Waals surface area contributed by atoms with Crippen LogP contribution in [0.3, 0.4) is 0 Å². The lowest BCUT2D eigenvalue weighted by molar-refractivity contribution is -0.138. The Labute approximate surface area is 113 Å². The zero-order chi connectivity index (χ0) is 14.9. The van der Waals surface area contributed by atoms with Gasteiger partial charge in [0.1, 0.15) is 5.82 Å². The molecule has 1 aromatic rings. The molecule has 0 spiro atoms. The van der Waals surface area contributed by atoms with E-state index in [1.807, 2.05) is 6.92 Å². The van der Waals surface area contributed by atoms with Crippen LogP contribution in [0.5, 0.6) is 0 Å². The van der Waals surface area contributed by atoms with Crippen LogP contribution in [0.15, 0.2) is 18.2 Å². The minimum Gasteiger partial charge on any atom is -0.336 e. The molecule has 1 N–H and O–H groups in total. The number of alkyl halides is 3. The summed E-state index contributed by atoms with van der Waals surface area (Å²) in [5.74, 6) is -1.64. The molecule has 1 aliphatic heterocycles. The van der Waals surface area contributed by atoms with Crippen LogP contribution < -0.4 is 5.32 Å². The summed E-state index contributed by atoms with van der Waals surface area (Å²) in [6.45, 7) is 2.93. The number of carbonyl (C=O) groups is 1. The molecule has 1 aromatic carbocycles. The maximum Gasteiger partial charge on any atom is 0.417 e. The molecule has 1 unspecified atom stereocenters. The van der Waals surface area contributed by atoms with Crippen molar-refractivity contribution in [3.63, 3.8) is 0 Å². The quantitative estimate of drug-likeness (QED) is 0.805. The third-order valence-corrected chi connectivity index (χ3v) is 3.17. The summed E-state index contributed by atoms with van der Waals surface area (Å²) in [6, 6.07) is 1.96. The van der Waals surface area contributed by atoms with E-state index in [2.05, 4.69) is 5.32 Å². The maximum atomic E-state index is 13.2. The zero-order valence-electron chi connectivity index (χ0n) is 10.8. The maximum absolute atomic E-state index is 13.2. The van der Waals surface area contributed by atoms with E-state index >= 15 is 0 Å². The number of hydrogen-bond acceptors (Lipinski definition) is 2. The van der Waals surface area contributed by atoms with Gasteiger partial charge in [-0.15, -0.1) is 0 Å². The van der Waals surface area contributed by atoms with Crippen molar-refractivity contribution in [2.75, 3.05) is 19.6 Å². The van der Waals surface area contributed by atoms with E-state index in [1.165, 1.54) is 4.90 Å². The van der Waals surface area contributed by atoms with Crippen LogP contribution >= 0.6 is 0 Å². The van der Waals surface area contributed by atoms with Crippen molar-refractivity contribution in [1.82, 2.24) is 10.2 Å². The van der Waals surface area contributed by atoms with Gasteiger partial charge in [-0.1, -0.05) is 0 Å². The first kappa shape index (κ1) is 14.8. The third kappa shape index (κ3) is 3.09. The second kappa shape index (κ2) is 5.40. The molecule has 0 aromatic heterocycles. The fourth-order valence-electron chi connectivity index (χ4n) is 2.23. The topological polar surface area (TPSA) is 32.3 Å². The molecule has 1 saturated heterocycles. The minimum atomic E-state index is -4.68. The van der Waals surface area contributed by atoms with Crippen molar-refractivity contribution in [3.8, 4) is 0 Å². The number of hydrogen-bond donors (Lipinski definition) is 1. The summed E-state index contributed by atoms with van der Waals surface area (Å²) in [7, 11) is 0. The van der Waals surface area contributed by atoms with Crippen molar-refractivity contribution in [2.24, 2.45) is 0 Å². The molecule has 3 nitrogen and oxygen atoms in total. The molecule has 0 aliphatic carbocycles. The van der Waals surface area contributed by atoms with Gasteiger partial charge in [0.15, 0.2) is 0 Å². The van der Waals surface area contributed by atoms with Gasteiger partial charge in [0.05, 0.1) is 11.1 Å². The number of amides is 1. The molecule has 0 bridgehead atoms. The third-order valence-electron chi connectivity index (χ3n) is 3.17. The number of benzene rings is 1. The zero-order valence-corrected chi connectivity index (χ0v) is 10.8. The molecular formula is C13H14F4N2O. The molecule has 1 amide bonds. The molecule has 7 heteroatoms. The van der Waals surface area contributed by atoms with Gasteiger partial charge < -0.3 is 10.2 Å². The Morgan fingerprint density at radius 1 is 1.40 bits per heavy atom. The van der Waals surface area contributed by atoms with Crippen molar-refractivity contribution in [3.05, 3.63) is 35.1 Å². The Morgan fingerprint density at radius 3 is 2.70 bits per heavy atom. The first-order chi connectivity index (χ1) is 9.29. The van der Waals surface area contributed by atoms with E-state index in [4.69, 9.17) is 0 Å². The highest BCUT2D eigenvalue weighted by molar-refractivity contribution is 5.96. The van der Waals surface area contributed by atoms with Crippen LogP contribution in [-0.4, -0.2) is 36.5 Å². The lowest BCUT2D eigenvalue weighted by Gasteiger charge is -2.32. The molecular weight excluding hydrogens is 276 g/mol. The Hall–Kier alpha value is -1.63. The molecule has 0 saturated carbocycles. The number of rotatable bonds is 1. The molecule has 0 radical (unpaired) electrons. The van der Waals surface area contributed by atoms with E-state index in [1.54, 1.807) is 0 Å². The van der Waals surface area contributed by atoms with Crippen LogP contribution in [0.2, 0.25) is 0 Å². The lowest BCUT2D eigenvalue weighted by atomic mass is 10.0. The highest BCUT2D eigenvalue weighted by Crippen LogP contribution is 2.33. The Kier molecular flexibility index (Phi) is 3.99. The molecule has 1 aliphatic rings. The molecule has 20 heavy (non-hydrogen) atoms. The second-order valence-electron chi connectivity index (χ2n) is 4.79. The summed E-state index contributed by atoms with van der Waals surface area (Å²) in [6.07, 6.45) is -4.68. The number of nitrogens with zero attached hydrogens (tertiary/aromatic N) is 1. The van der Waals surface area contributed by atoms with Gasteiger partial charge >= 0.3 is 6.18 Å². The van der Waals surface area contributed by atoms with E-state index < -0.39 is 29.0 Å². The average molecular weight is 290 g/mol. The van der Waals surface area contributed by atoms with E-state index in [0.717, 1.165) is 0 Å². The standard InChI is InChI=1S/C13H14F4N2O/c1-8-7-19(5-4-18-8)12(20)10-6-9(14)2-3-11(10)13(15,16)17/h2-3,6,8,18H,4-5,7H2,1H3. The van der Waals surface area contributed by atoms with Crippen molar-refractivity contribution in [1.29, 1.82) is 0 Å². The normalized spacial score (nSPS) is 20.1. The average Bonchev–Trinajstić information content (AvgIpc) is 2.36.